The van der Waals surface area contributed by atoms with E-state index in [2.05, 4.69) is 4.98 Å². The van der Waals surface area contributed by atoms with Gasteiger partial charge in [0.2, 0.25) is 11.9 Å². The molecule has 0 aliphatic carbocycles. The summed E-state index contributed by atoms with van der Waals surface area (Å²) >= 11 is 0. The Labute approximate surface area is 111 Å². The lowest BCUT2D eigenvalue weighted by atomic mass is 10.1. The fourth-order valence-electron chi connectivity index (χ4n) is 2.46. The van der Waals surface area contributed by atoms with Crippen LogP contribution in [0.5, 0.6) is 0 Å². The molecule has 0 radical (unpaired) electrons. The summed E-state index contributed by atoms with van der Waals surface area (Å²) in [5.74, 6) is -0.147. The Kier molecular flexibility index (Phi) is 4.09. The second kappa shape index (κ2) is 5.77. The van der Waals surface area contributed by atoms with E-state index < -0.39 is 12.1 Å². The van der Waals surface area contributed by atoms with Crippen LogP contribution in [0, 0.1) is 10.1 Å². The number of rotatable bonds is 5. The maximum absolute atomic E-state index is 12.0. The molecule has 0 N–H and O–H groups in total. The number of carbonyl (C=O) groups excluding carboxylic acids is 1. The molecule has 1 aliphatic heterocycles. The third kappa shape index (κ3) is 2.72. The van der Waals surface area contributed by atoms with Crippen LogP contribution in [0.2, 0.25) is 0 Å². The smallest absolute Gasteiger partial charge is 0.247 e. The standard InChI is InChI=1S/C13H17N3O3/c1-2-3-8-15-12(17)9-11(16(18)19)13(15)10-6-4-5-7-14-10/h4-7,11,13H,2-3,8-9H2,1H3/t11-,13+/m1/s1. The third-order valence-corrected chi connectivity index (χ3v) is 3.42. The van der Waals surface area contributed by atoms with Gasteiger partial charge in [0.15, 0.2) is 0 Å². The van der Waals surface area contributed by atoms with Crippen molar-refractivity contribution in [1.82, 2.24) is 9.88 Å². The molecule has 2 heterocycles. The number of hydrogen-bond acceptors (Lipinski definition) is 4. The van der Waals surface area contributed by atoms with Crippen molar-refractivity contribution >= 4 is 5.91 Å². The van der Waals surface area contributed by atoms with Gasteiger partial charge in [-0.15, -0.1) is 0 Å². The van der Waals surface area contributed by atoms with Crippen LogP contribution >= 0.6 is 0 Å². The predicted molar refractivity (Wildman–Crippen MR) is 69.0 cm³/mol. The molecule has 1 amide bonds. The van der Waals surface area contributed by atoms with Gasteiger partial charge in [0, 0.05) is 17.7 Å². The van der Waals surface area contributed by atoms with Crippen LogP contribution in [0.25, 0.3) is 0 Å². The summed E-state index contributed by atoms with van der Waals surface area (Å²) in [4.78, 5) is 28.6. The lowest BCUT2D eigenvalue weighted by Crippen LogP contribution is -2.33. The van der Waals surface area contributed by atoms with E-state index in [1.807, 2.05) is 6.92 Å². The molecule has 102 valence electrons. The normalized spacial score (nSPS) is 22.8. The van der Waals surface area contributed by atoms with Crippen LogP contribution in [0.3, 0.4) is 0 Å². The summed E-state index contributed by atoms with van der Waals surface area (Å²) in [5, 5.41) is 11.1. The van der Waals surface area contributed by atoms with Gasteiger partial charge in [0.1, 0.15) is 6.04 Å². The highest BCUT2D eigenvalue weighted by molar-refractivity contribution is 5.80. The average molecular weight is 263 g/mol. The van der Waals surface area contributed by atoms with Crippen LogP contribution in [-0.2, 0) is 4.79 Å². The molecule has 1 fully saturated rings. The lowest BCUT2D eigenvalue weighted by Gasteiger charge is -2.24. The maximum Gasteiger partial charge on any atom is 0.247 e. The van der Waals surface area contributed by atoms with Gasteiger partial charge in [-0.3, -0.25) is 19.9 Å². The Hall–Kier alpha value is -1.98. The van der Waals surface area contributed by atoms with Crippen molar-refractivity contribution in [2.45, 2.75) is 38.3 Å². The molecular weight excluding hydrogens is 246 g/mol. The number of hydrogen-bond donors (Lipinski definition) is 0. The topological polar surface area (TPSA) is 76.3 Å². The first kappa shape index (κ1) is 13.5. The van der Waals surface area contributed by atoms with E-state index >= 15 is 0 Å². The largest absolute Gasteiger partial charge is 0.327 e. The minimum atomic E-state index is -0.890. The molecule has 6 heteroatoms. The molecular formula is C13H17N3O3. The molecule has 19 heavy (non-hydrogen) atoms. The van der Waals surface area contributed by atoms with Gasteiger partial charge in [0.25, 0.3) is 0 Å². The maximum atomic E-state index is 12.0. The molecule has 2 rings (SSSR count). The van der Waals surface area contributed by atoms with Crippen molar-refractivity contribution < 1.29 is 9.72 Å². The Morgan fingerprint density at radius 3 is 2.89 bits per heavy atom. The van der Waals surface area contributed by atoms with Gasteiger partial charge < -0.3 is 4.90 Å². The van der Waals surface area contributed by atoms with Crippen molar-refractivity contribution in [2.24, 2.45) is 0 Å². The van der Waals surface area contributed by atoms with E-state index in [1.54, 1.807) is 29.3 Å². The number of likely N-dealkylation sites (tertiary alicyclic amines) is 1. The van der Waals surface area contributed by atoms with Crippen LogP contribution in [-0.4, -0.2) is 33.3 Å². The van der Waals surface area contributed by atoms with Crippen molar-refractivity contribution in [3.8, 4) is 0 Å². The van der Waals surface area contributed by atoms with Crippen molar-refractivity contribution in [3.63, 3.8) is 0 Å². The Bertz CT molecular complexity index is 463. The van der Waals surface area contributed by atoms with E-state index in [-0.39, 0.29) is 17.3 Å². The molecule has 0 unspecified atom stereocenters. The van der Waals surface area contributed by atoms with Crippen LogP contribution < -0.4 is 0 Å². The van der Waals surface area contributed by atoms with Gasteiger partial charge in [-0.25, -0.2) is 0 Å². The molecule has 0 saturated carbocycles. The first-order valence-electron chi connectivity index (χ1n) is 6.49. The average Bonchev–Trinajstić information content (AvgIpc) is 2.74. The van der Waals surface area contributed by atoms with E-state index in [0.29, 0.717) is 12.2 Å². The summed E-state index contributed by atoms with van der Waals surface area (Å²) in [7, 11) is 0. The van der Waals surface area contributed by atoms with Crippen LogP contribution in [0.1, 0.15) is 37.9 Å². The molecule has 1 aromatic rings. The molecule has 1 saturated heterocycles. The van der Waals surface area contributed by atoms with Gasteiger partial charge >= 0.3 is 0 Å². The first-order chi connectivity index (χ1) is 9.15. The highest BCUT2D eigenvalue weighted by Crippen LogP contribution is 2.33. The summed E-state index contributed by atoms with van der Waals surface area (Å²) in [5.41, 5.74) is 0.603. The minimum absolute atomic E-state index is 0.0298. The molecule has 1 aliphatic rings. The van der Waals surface area contributed by atoms with Crippen molar-refractivity contribution in [2.75, 3.05) is 6.54 Å². The van der Waals surface area contributed by atoms with Gasteiger partial charge in [0.05, 0.1) is 12.1 Å². The number of pyridine rings is 1. The summed E-state index contributed by atoms with van der Waals surface area (Å²) in [6, 6.07) is 3.88. The fraction of sp³-hybridized carbons (Fsp3) is 0.538. The number of nitrogens with zero attached hydrogens (tertiary/aromatic N) is 3. The number of unbranched alkanes of at least 4 members (excludes halogenated alkanes) is 1. The Morgan fingerprint density at radius 1 is 1.53 bits per heavy atom. The number of carbonyl (C=O) groups is 1. The monoisotopic (exact) mass is 263 g/mol. The van der Waals surface area contributed by atoms with Crippen molar-refractivity contribution in [3.05, 3.63) is 40.2 Å². The number of nitro groups is 1. The summed E-state index contributed by atoms with van der Waals surface area (Å²) in [6.07, 6.45) is 3.37. The van der Waals surface area contributed by atoms with E-state index in [4.69, 9.17) is 0 Å². The van der Waals surface area contributed by atoms with Crippen molar-refractivity contribution in [1.29, 1.82) is 0 Å². The van der Waals surface area contributed by atoms with Gasteiger partial charge in [-0.05, 0) is 18.6 Å². The number of aromatic nitrogens is 1. The zero-order valence-electron chi connectivity index (χ0n) is 10.9. The predicted octanol–water partition coefficient (Wildman–Crippen LogP) is 1.80. The minimum Gasteiger partial charge on any atom is -0.327 e. The zero-order valence-corrected chi connectivity index (χ0v) is 10.9. The van der Waals surface area contributed by atoms with E-state index in [0.717, 1.165) is 12.8 Å². The Morgan fingerprint density at radius 2 is 2.32 bits per heavy atom. The molecule has 0 bridgehead atoms. The third-order valence-electron chi connectivity index (χ3n) is 3.42. The Balaban J connectivity index is 2.30. The van der Waals surface area contributed by atoms with Gasteiger partial charge in [-0.1, -0.05) is 19.4 Å². The fourth-order valence-corrected chi connectivity index (χ4v) is 2.46. The SMILES string of the molecule is CCCCN1C(=O)C[C@@H]([N+](=O)[O-])[C@@H]1c1ccccn1. The molecule has 6 nitrogen and oxygen atoms in total. The summed E-state index contributed by atoms with van der Waals surface area (Å²) < 4.78 is 0. The van der Waals surface area contributed by atoms with E-state index in [9.17, 15) is 14.9 Å². The molecule has 1 aromatic heterocycles. The zero-order chi connectivity index (χ0) is 13.8. The first-order valence-corrected chi connectivity index (χ1v) is 6.49. The second-order valence-corrected chi connectivity index (χ2v) is 4.70. The highest BCUT2D eigenvalue weighted by Gasteiger charge is 2.48. The lowest BCUT2D eigenvalue weighted by molar-refractivity contribution is -0.525. The van der Waals surface area contributed by atoms with E-state index in [1.165, 1.54) is 0 Å². The molecule has 2 atom stereocenters. The van der Waals surface area contributed by atoms with Crippen LogP contribution in [0.4, 0.5) is 0 Å². The molecule has 0 aromatic carbocycles. The number of amides is 1. The highest BCUT2D eigenvalue weighted by atomic mass is 16.6. The van der Waals surface area contributed by atoms with Crippen LogP contribution in [0.15, 0.2) is 24.4 Å². The second-order valence-electron chi connectivity index (χ2n) is 4.70. The van der Waals surface area contributed by atoms with Gasteiger partial charge in [-0.2, -0.15) is 0 Å². The summed E-state index contributed by atoms with van der Waals surface area (Å²) in [6.45, 7) is 2.59. The quantitative estimate of drug-likeness (QED) is 0.599. The molecule has 0 spiro atoms.